The molecule has 3 rings (SSSR count). The van der Waals surface area contributed by atoms with Crippen LogP contribution >= 0.6 is 27.7 Å². The van der Waals surface area contributed by atoms with Gasteiger partial charge < -0.3 is 19.9 Å². The van der Waals surface area contributed by atoms with Crippen molar-refractivity contribution >= 4 is 62.5 Å². The van der Waals surface area contributed by atoms with Crippen LogP contribution in [0.1, 0.15) is 5.56 Å². The molecule has 0 radical (unpaired) electrons. The second kappa shape index (κ2) is 10.5. The van der Waals surface area contributed by atoms with Gasteiger partial charge in [0.25, 0.3) is 11.1 Å². The second-order valence-electron chi connectivity index (χ2n) is 6.53. The fourth-order valence-corrected chi connectivity index (χ4v) is 4.03. The summed E-state index contributed by atoms with van der Waals surface area (Å²) < 4.78 is 24.1. The molecule has 33 heavy (non-hydrogen) atoms. The maximum absolute atomic E-state index is 13.3. The molecule has 1 fully saturated rings. The zero-order valence-electron chi connectivity index (χ0n) is 17.0. The van der Waals surface area contributed by atoms with E-state index in [0.29, 0.717) is 21.8 Å². The number of nitrogens with zero attached hydrogens (tertiary/aromatic N) is 1. The number of anilines is 1. The summed E-state index contributed by atoms with van der Waals surface area (Å²) in [7, 11) is 1.37. The Hall–Kier alpha value is -3.38. The molecule has 172 valence electrons. The van der Waals surface area contributed by atoms with E-state index < -0.39 is 42.0 Å². The number of carbonyl (C=O) groups excluding carboxylic acids is 3. The highest BCUT2D eigenvalue weighted by Crippen LogP contribution is 2.38. The van der Waals surface area contributed by atoms with Crippen LogP contribution in [0, 0.1) is 5.82 Å². The molecule has 0 unspecified atom stereocenters. The molecule has 0 saturated carbocycles. The smallest absolute Gasteiger partial charge is 0.341 e. The van der Waals surface area contributed by atoms with Crippen LogP contribution in [0.4, 0.5) is 14.9 Å². The lowest BCUT2D eigenvalue weighted by atomic mass is 10.2. The first-order chi connectivity index (χ1) is 15.7. The van der Waals surface area contributed by atoms with Crippen molar-refractivity contribution in [3.63, 3.8) is 0 Å². The van der Waals surface area contributed by atoms with Crippen molar-refractivity contribution in [3.05, 3.63) is 57.2 Å². The first-order valence-electron chi connectivity index (χ1n) is 9.21. The Morgan fingerprint density at radius 3 is 2.67 bits per heavy atom. The number of amides is 3. The number of hydrogen-bond acceptors (Lipinski definition) is 7. The number of nitrogens with one attached hydrogen (secondary N) is 1. The van der Waals surface area contributed by atoms with Gasteiger partial charge in [-0.15, -0.1) is 0 Å². The molecule has 9 nitrogen and oxygen atoms in total. The van der Waals surface area contributed by atoms with Gasteiger partial charge in [-0.3, -0.25) is 19.3 Å². The van der Waals surface area contributed by atoms with Gasteiger partial charge in [-0.05, 0) is 53.7 Å². The lowest BCUT2D eigenvalue weighted by Gasteiger charge is -2.13. The highest BCUT2D eigenvalue weighted by atomic mass is 79.9. The standard InChI is InChI=1S/C21H16BrFN2O7S/c1-31-15-5-11(14(22)8-16(15)32-10-19(27)28)6-17-20(29)25(21(30)33-17)9-18(26)24-13-4-2-3-12(23)7-13/h2-8H,9-10H2,1H3,(H,24,26)(H,27,28)/b17-6+. The van der Waals surface area contributed by atoms with Gasteiger partial charge in [-0.1, -0.05) is 22.0 Å². The van der Waals surface area contributed by atoms with Crippen LogP contribution in [0.3, 0.4) is 0 Å². The van der Waals surface area contributed by atoms with Crippen molar-refractivity contribution in [2.24, 2.45) is 0 Å². The fraction of sp³-hybridized carbons (Fsp3) is 0.143. The molecule has 3 amide bonds. The number of methoxy groups -OCH3 is 1. The van der Waals surface area contributed by atoms with E-state index in [0.717, 1.165) is 11.0 Å². The summed E-state index contributed by atoms with van der Waals surface area (Å²) in [6, 6.07) is 8.20. The molecular weight excluding hydrogens is 523 g/mol. The van der Waals surface area contributed by atoms with Gasteiger partial charge in [0.05, 0.1) is 12.0 Å². The third-order valence-electron chi connectivity index (χ3n) is 4.20. The first kappa shape index (κ1) is 24.3. The molecule has 1 aliphatic rings. The summed E-state index contributed by atoms with van der Waals surface area (Å²) in [5, 5.41) is 10.6. The predicted octanol–water partition coefficient (Wildman–Crippen LogP) is 3.74. The Labute approximate surface area is 199 Å². The summed E-state index contributed by atoms with van der Waals surface area (Å²) in [4.78, 5) is 48.8. The number of halogens is 2. The first-order valence-corrected chi connectivity index (χ1v) is 10.8. The predicted molar refractivity (Wildman–Crippen MR) is 122 cm³/mol. The highest BCUT2D eigenvalue weighted by Gasteiger charge is 2.36. The van der Waals surface area contributed by atoms with Crippen LogP contribution in [-0.2, 0) is 14.4 Å². The molecule has 2 aromatic carbocycles. The van der Waals surface area contributed by atoms with Gasteiger partial charge >= 0.3 is 5.97 Å². The minimum Gasteiger partial charge on any atom is -0.493 e. The molecule has 0 aliphatic carbocycles. The molecule has 0 spiro atoms. The quantitative estimate of drug-likeness (QED) is 0.487. The number of hydrogen-bond donors (Lipinski definition) is 2. The van der Waals surface area contributed by atoms with Gasteiger partial charge in [0.15, 0.2) is 18.1 Å². The molecule has 2 N–H and O–H groups in total. The van der Waals surface area contributed by atoms with E-state index in [1.807, 2.05) is 0 Å². The fourth-order valence-electron chi connectivity index (χ4n) is 2.76. The van der Waals surface area contributed by atoms with E-state index in [9.17, 15) is 23.6 Å². The topological polar surface area (TPSA) is 122 Å². The molecule has 1 saturated heterocycles. The number of carboxylic acids is 1. The van der Waals surface area contributed by atoms with Crippen molar-refractivity contribution in [3.8, 4) is 11.5 Å². The largest absolute Gasteiger partial charge is 0.493 e. The third kappa shape index (κ3) is 6.11. The number of carboxylic acid groups (broad SMARTS) is 1. The zero-order valence-corrected chi connectivity index (χ0v) is 19.4. The Morgan fingerprint density at radius 2 is 2.00 bits per heavy atom. The Balaban J connectivity index is 1.76. The molecule has 1 aliphatic heterocycles. The van der Waals surface area contributed by atoms with Crippen molar-refractivity contribution < 1.29 is 38.1 Å². The van der Waals surface area contributed by atoms with Gasteiger partial charge in [-0.2, -0.15) is 0 Å². The van der Waals surface area contributed by atoms with Crippen LogP contribution in [0.15, 0.2) is 45.8 Å². The van der Waals surface area contributed by atoms with Crippen LogP contribution in [0.5, 0.6) is 11.5 Å². The zero-order chi connectivity index (χ0) is 24.1. The molecule has 12 heteroatoms. The average Bonchev–Trinajstić information content (AvgIpc) is 3.01. The Kier molecular flexibility index (Phi) is 7.71. The average molecular weight is 539 g/mol. The van der Waals surface area contributed by atoms with E-state index in [4.69, 9.17) is 14.6 Å². The van der Waals surface area contributed by atoms with Gasteiger partial charge in [0.1, 0.15) is 12.4 Å². The number of imide groups is 1. The number of benzene rings is 2. The van der Waals surface area contributed by atoms with Crippen molar-refractivity contribution in [2.75, 3.05) is 25.6 Å². The minimum atomic E-state index is -1.16. The highest BCUT2D eigenvalue weighted by molar-refractivity contribution is 9.10. The minimum absolute atomic E-state index is 0.0699. The summed E-state index contributed by atoms with van der Waals surface area (Å²) in [6.45, 7) is -1.11. The molecule has 1 heterocycles. The van der Waals surface area contributed by atoms with Crippen molar-refractivity contribution in [1.82, 2.24) is 4.90 Å². The summed E-state index contributed by atoms with van der Waals surface area (Å²) in [5.74, 6) is -2.64. The number of thioether (sulfide) groups is 1. The molecule has 0 bridgehead atoms. The molecule has 0 atom stereocenters. The Morgan fingerprint density at radius 1 is 1.24 bits per heavy atom. The van der Waals surface area contributed by atoms with E-state index >= 15 is 0 Å². The lowest BCUT2D eigenvalue weighted by molar-refractivity contribution is -0.139. The maximum Gasteiger partial charge on any atom is 0.341 e. The second-order valence-corrected chi connectivity index (χ2v) is 8.38. The number of aliphatic carboxylic acids is 1. The summed E-state index contributed by atoms with van der Waals surface area (Å²) in [5.41, 5.74) is 0.660. The lowest BCUT2D eigenvalue weighted by Crippen LogP contribution is -2.36. The van der Waals surface area contributed by atoms with Gasteiger partial charge in [0, 0.05) is 10.2 Å². The van der Waals surface area contributed by atoms with Crippen molar-refractivity contribution in [2.45, 2.75) is 0 Å². The van der Waals surface area contributed by atoms with Gasteiger partial charge in [0.2, 0.25) is 5.91 Å². The van der Waals surface area contributed by atoms with Crippen LogP contribution in [-0.4, -0.2) is 53.3 Å². The van der Waals surface area contributed by atoms with Crippen LogP contribution in [0.25, 0.3) is 6.08 Å². The number of ether oxygens (including phenoxy) is 2. The maximum atomic E-state index is 13.3. The number of carbonyl (C=O) groups is 4. The van der Waals surface area contributed by atoms with E-state index in [2.05, 4.69) is 21.2 Å². The molecular formula is C21H16BrFN2O7S. The Bertz CT molecular complexity index is 1170. The third-order valence-corrected chi connectivity index (χ3v) is 5.80. The normalized spacial score (nSPS) is 14.5. The summed E-state index contributed by atoms with van der Waals surface area (Å²) in [6.07, 6.45) is 1.43. The summed E-state index contributed by atoms with van der Waals surface area (Å²) >= 11 is 3.97. The van der Waals surface area contributed by atoms with Crippen LogP contribution < -0.4 is 14.8 Å². The molecule has 0 aromatic heterocycles. The van der Waals surface area contributed by atoms with Crippen molar-refractivity contribution in [1.29, 1.82) is 0 Å². The molecule has 2 aromatic rings. The van der Waals surface area contributed by atoms with Crippen LogP contribution in [0.2, 0.25) is 0 Å². The van der Waals surface area contributed by atoms with E-state index in [-0.39, 0.29) is 22.1 Å². The monoisotopic (exact) mass is 538 g/mol. The van der Waals surface area contributed by atoms with Gasteiger partial charge in [-0.25, -0.2) is 9.18 Å². The van der Waals surface area contributed by atoms with E-state index in [1.165, 1.54) is 43.5 Å². The van der Waals surface area contributed by atoms with E-state index in [1.54, 1.807) is 0 Å². The number of rotatable bonds is 8. The SMILES string of the molecule is COc1cc(/C=C2/SC(=O)N(CC(=O)Nc3cccc(F)c3)C2=O)c(Br)cc1OCC(=O)O.